The average molecular weight is 344 g/mol. The number of anilines is 3. The number of nitrogens with one attached hydrogen (secondary N) is 1. The van der Waals surface area contributed by atoms with E-state index in [0.717, 1.165) is 15.5 Å². The fraction of sp³-hybridized carbons (Fsp3) is 0.0625. The van der Waals surface area contributed by atoms with Gasteiger partial charge >= 0.3 is 0 Å². The molecule has 0 aliphatic rings. The van der Waals surface area contributed by atoms with Crippen molar-refractivity contribution in [1.29, 1.82) is 0 Å². The molecule has 0 amide bonds. The predicted molar refractivity (Wildman–Crippen MR) is 94.3 cm³/mol. The van der Waals surface area contributed by atoms with Gasteiger partial charge in [0.1, 0.15) is 5.02 Å². The number of hydrogen-bond donors (Lipinski definition) is 2. The Morgan fingerprint density at radius 2 is 1.65 bits per heavy atom. The molecule has 23 heavy (non-hydrogen) atoms. The molecule has 0 radical (unpaired) electrons. The van der Waals surface area contributed by atoms with Crippen molar-refractivity contribution in [2.24, 2.45) is 0 Å². The third-order valence-corrected chi connectivity index (χ3v) is 4.50. The fourth-order valence-corrected chi connectivity index (χ4v) is 2.88. The van der Waals surface area contributed by atoms with Gasteiger partial charge in [-0.05, 0) is 43.3 Å². The Hall–Kier alpha value is -2.31. The third kappa shape index (κ3) is 3.91. The molecule has 2 heterocycles. The molecule has 0 atom stereocenters. The summed E-state index contributed by atoms with van der Waals surface area (Å²) in [6.07, 6.45) is 3.56. The van der Waals surface area contributed by atoms with E-state index in [9.17, 15) is 0 Å². The molecule has 7 heteroatoms. The highest BCUT2D eigenvalue weighted by Crippen LogP contribution is 2.30. The number of aromatic nitrogens is 3. The summed E-state index contributed by atoms with van der Waals surface area (Å²) in [7, 11) is 0. The van der Waals surface area contributed by atoms with E-state index in [-0.39, 0.29) is 5.95 Å². The van der Waals surface area contributed by atoms with Gasteiger partial charge in [-0.25, -0.2) is 4.98 Å². The van der Waals surface area contributed by atoms with Crippen LogP contribution in [0.3, 0.4) is 0 Å². The van der Waals surface area contributed by atoms with E-state index < -0.39 is 0 Å². The van der Waals surface area contributed by atoms with Crippen LogP contribution in [0.25, 0.3) is 0 Å². The van der Waals surface area contributed by atoms with Crippen LogP contribution in [0.5, 0.6) is 0 Å². The molecule has 3 rings (SSSR count). The van der Waals surface area contributed by atoms with Crippen molar-refractivity contribution in [3.8, 4) is 0 Å². The number of aryl methyl sites for hydroxylation is 1. The summed E-state index contributed by atoms with van der Waals surface area (Å²) in [6.45, 7) is 1.79. The molecule has 1 aromatic carbocycles. The first-order valence-electron chi connectivity index (χ1n) is 6.86. The second kappa shape index (κ2) is 6.85. The molecule has 0 bridgehead atoms. The predicted octanol–water partition coefficient (Wildman–Crippen LogP) is 4.31. The highest BCUT2D eigenvalue weighted by Gasteiger charge is 2.08. The lowest BCUT2D eigenvalue weighted by atomic mass is 10.3. The topological polar surface area (TPSA) is 76.7 Å². The average Bonchev–Trinajstić information content (AvgIpc) is 2.55. The minimum atomic E-state index is 0.194. The minimum Gasteiger partial charge on any atom is -0.368 e. The van der Waals surface area contributed by atoms with Crippen LogP contribution in [-0.2, 0) is 0 Å². The molecule has 5 nitrogen and oxygen atoms in total. The summed E-state index contributed by atoms with van der Waals surface area (Å²) >= 11 is 7.87. The first-order valence-corrected chi connectivity index (χ1v) is 8.06. The van der Waals surface area contributed by atoms with Gasteiger partial charge in [0.15, 0.2) is 5.82 Å². The van der Waals surface area contributed by atoms with E-state index >= 15 is 0 Å². The van der Waals surface area contributed by atoms with Crippen LogP contribution in [0.15, 0.2) is 58.6 Å². The number of hydrogen-bond acceptors (Lipinski definition) is 6. The van der Waals surface area contributed by atoms with Crippen LogP contribution >= 0.6 is 23.4 Å². The van der Waals surface area contributed by atoms with Crippen molar-refractivity contribution in [3.63, 3.8) is 0 Å². The standard InChI is InChI=1S/C16H14ClN5S/c1-10-14(17)15(22-16(18)20-10)21-11-2-4-12(5-3-11)23-13-6-8-19-9-7-13/h2-9H,1H3,(H3,18,20,21,22). The summed E-state index contributed by atoms with van der Waals surface area (Å²) in [5.41, 5.74) is 7.19. The first kappa shape index (κ1) is 15.6. The summed E-state index contributed by atoms with van der Waals surface area (Å²) in [5.74, 6) is 0.700. The lowest BCUT2D eigenvalue weighted by Crippen LogP contribution is -2.02. The van der Waals surface area contributed by atoms with Crippen LogP contribution in [0, 0.1) is 6.92 Å². The van der Waals surface area contributed by atoms with Gasteiger partial charge in [-0.15, -0.1) is 0 Å². The fourth-order valence-electron chi connectivity index (χ4n) is 1.95. The molecule has 0 saturated heterocycles. The van der Waals surface area contributed by atoms with Crippen LogP contribution in [0.1, 0.15) is 5.69 Å². The van der Waals surface area contributed by atoms with Crippen molar-refractivity contribution < 1.29 is 0 Å². The Morgan fingerprint density at radius 3 is 2.35 bits per heavy atom. The number of nitrogens with zero attached hydrogens (tertiary/aromatic N) is 3. The molecule has 0 aliphatic carbocycles. The second-order valence-corrected chi connectivity index (χ2v) is 6.29. The molecule has 0 fully saturated rings. The van der Waals surface area contributed by atoms with Crippen LogP contribution in [0.2, 0.25) is 5.02 Å². The Labute approximate surface area is 143 Å². The van der Waals surface area contributed by atoms with E-state index in [1.807, 2.05) is 36.4 Å². The van der Waals surface area contributed by atoms with Gasteiger partial charge < -0.3 is 11.1 Å². The van der Waals surface area contributed by atoms with Crippen LogP contribution in [-0.4, -0.2) is 15.0 Å². The van der Waals surface area contributed by atoms with Crippen molar-refractivity contribution in [3.05, 3.63) is 59.5 Å². The van der Waals surface area contributed by atoms with Gasteiger partial charge in [0.05, 0.1) is 5.69 Å². The maximum atomic E-state index is 6.20. The monoisotopic (exact) mass is 343 g/mol. The Kier molecular flexibility index (Phi) is 4.64. The van der Waals surface area contributed by atoms with E-state index in [1.54, 1.807) is 31.1 Å². The molecule has 3 aromatic rings. The highest BCUT2D eigenvalue weighted by molar-refractivity contribution is 7.99. The molecule has 0 unspecified atom stereocenters. The van der Waals surface area contributed by atoms with Crippen molar-refractivity contribution in [1.82, 2.24) is 15.0 Å². The number of nitrogens with two attached hydrogens (primary N) is 1. The van der Waals surface area contributed by atoms with Crippen LogP contribution in [0.4, 0.5) is 17.5 Å². The quantitative estimate of drug-likeness (QED) is 0.735. The van der Waals surface area contributed by atoms with Crippen molar-refractivity contribution in [2.75, 3.05) is 11.1 Å². The van der Waals surface area contributed by atoms with Crippen molar-refractivity contribution in [2.45, 2.75) is 16.7 Å². The maximum Gasteiger partial charge on any atom is 0.222 e. The Balaban J connectivity index is 1.75. The smallest absolute Gasteiger partial charge is 0.222 e. The van der Waals surface area contributed by atoms with Crippen LogP contribution < -0.4 is 11.1 Å². The van der Waals surface area contributed by atoms with E-state index in [2.05, 4.69) is 20.3 Å². The van der Waals surface area contributed by atoms with Gasteiger partial charge in [0.25, 0.3) is 0 Å². The molecule has 2 aromatic heterocycles. The van der Waals surface area contributed by atoms with Gasteiger partial charge in [0.2, 0.25) is 5.95 Å². The molecule has 0 spiro atoms. The number of rotatable bonds is 4. The maximum absolute atomic E-state index is 6.20. The normalized spacial score (nSPS) is 10.5. The first-order chi connectivity index (χ1) is 11.1. The number of benzene rings is 1. The molecule has 116 valence electrons. The van der Waals surface area contributed by atoms with Gasteiger partial charge in [0, 0.05) is 27.9 Å². The molecule has 0 saturated carbocycles. The SMILES string of the molecule is Cc1nc(N)nc(Nc2ccc(Sc3ccncc3)cc2)c1Cl. The Morgan fingerprint density at radius 1 is 1.00 bits per heavy atom. The van der Waals surface area contributed by atoms with Gasteiger partial charge in [-0.1, -0.05) is 23.4 Å². The summed E-state index contributed by atoms with van der Waals surface area (Å²) in [6, 6.07) is 11.9. The zero-order valence-electron chi connectivity index (χ0n) is 12.3. The van der Waals surface area contributed by atoms with E-state index in [4.69, 9.17) is 17.3 Å². The summed E-state index contributed by atoms with van der Waals surface area (Å²) in [5, 5.41) is 3.63. The van der Waals surface area contributed by atoms with Crippen molar-refractivity contribution >= 4 is 40.8 Å². The zero-order valence-corrected chi connectivity index (χ0v) is 13.9. The number of nitrogen functional groups attached to an aromatic ring is 1. The summed E-state index contributed by atoms with van der Waals surface area (Å²) in [4.78, 5) is 14.4. The summed E-state index contributed by atoms with van der Waals surface area (Å²) < 4.78 is 0. The van der Waals surface area contributed by atoms with Gasteiger partial charge in [-0.2, -0.15) is 4.98 Å². The Bertz CT molecular complexity index is 809. The van der Waals surface area contributed by atoms with Gasteiger partial charge in [-0.3, -0.25) is 4.98 Å². The molecular weight excluding hydrogens is 330 g/mol. The third-order valence-electron chi connectivity index (χ3n) is 3.04. The number of halogens is 1. The largest absolute Gasteiger partial charge is 0.368 e. The lowest BCUT2D eigenvalue weighted by molar-refractivity contribution is 1.12. The zero-order chi connectivity index (χ0) is 16.2. The second-order valence-electron chi connectivity index (χ2n) is 4.76. The van der Waals surface area contributed by atoms with E-state index in [1.165, 1.54) is 0 Å². The minimum absolute atomic E-state index is 0.194. The lowest BCUT2D eigenvalue weighted by Gasteiger charge is -2.10. The number of pyridine rings is 1. The highest BCUT2D eigenvalue weighted by atomic mass is 35.5. The molecule has 0 aliphatic heterocycles. The molecule has 3 N–H and O–H groups in total. The van der Waals surface area contributed by atoms with E-state index in [0.29, 0.717) is 16.5 Å². The molecular formula is C16H14ClN5S.